The van der Waals surface area contributed by atoms with Crippen LogP contribution < -0.4 is 0 Å². The molecule has 0 spiro atoms. The summed E-state index contributed by atoms with van der Waals surface area (Å²) >= 11 is 0. The highest BCUT2D eigenvalue weighted by Crippen LogP contribution is 2.16. The minimum absolute atomic E-state index is 0.880. The Balaban J connectivity index is 3.83. The SMILES string of the molecule is CCCCCCCCCCCCCCCCCN(CCCCCCCCCCCCCCCCC)CCCCCCCC(C)C. The van der Waals surface area contributed by atoms with E-state index in [0.717, 1.165) is 5.92 Å². The molecule has 45 heavy (non-hydrogen) atoms. The van der Waals surface area contributed by atoms with Crippen LogP contribution in [0.15, 0.2) is 0 Å². The summed E-state index contributed by atoms with van der Waals surface area (Å²) in [6.45, 7) is 13.5. The zero-order chi connectivity index (χ0) is 32.7. The molecule has 0 heterocycles. The monoisotopic (exact) mass is 634 g/mol. The molecule has 0 aliphatic heterocycles. The van der Waals surface area contributed by atoms with Gasteiger partial charge in [-0.05, 0) is 44.8 Å². The normalized spacial score (nSPS) is 11.9. The fourth-order valence-electron chi connectivity index (χ4n) is 7.17. The smallest absolute Gasteiger partial charge is 0.00187 e. The van der Waals surface area contributed by atoms with Crippen LogP contribution in [0.2, 0.25) is 0 Å². The van der Waals surface area contributed by atoms with E-state index in [1.807, 2.05) is 0 Å². The van der Waals surface area contributed by atoms with Crippen LogP contribution in [0.5, 0.6) is 0 Å². The van der Waals surface area contributed by atoms with Gasteiger partial charge in [-0.1, -0.05) is 240 Å². The maximum atomic E-state index is 2.86. The zero-order valence-electron chi connectivity index (χ0n) is 32.6. The van der Waals surface area contributed by atoms with Crippen LogP contribution in [0.3, 0.4) is 0 Å². The average molecular weight is 634 g/mol. The summed E-state index contributed by atoms with van der Waals surface area (Å²) in [6, 6.07) is 0. The predicted molar refractivity (Wildman–Crippen MR) is 209 cm³/mol. The lowest BCUT2D eigenvalue weighted by atomic mass is 10.0. The molecule has 0 N–H and O–H groups in total. The summed E-state index contributed by atoms with van der Waals surface area (Å²) in [6.07, 6.45) is 52.6. The Morgan fingerprint density at radius 3 is 0.689 bits per heavy atom. The van der Waals surface area contributed by atoms with E-state index in [0.29, 0.717) is 0 Å². The van der Waals surface area contributed by atoms with Gasteiger partial charge in [0.15, 0.2) is 0 Å². The van der Waals surface area contributed by atoms with E-state index in [2.05, 4.69) is 32.6 Å². The molecule has 0 radical (unpaired) electrons. The second-order valence-electron chi connectivity index (χ2n) is 15.7. The van der Waals surface area contributed by atoms with Crippen molar-refractivity contribution in [3.63, 3.8) is 0 Å². The number of nitrogens with zero attached hydrogens (tertiary/aromatic N) is 1. The molecule has 272 valence electrons. The molecule has 0 fully saturated rings. The minimum atomic E-state index is 0.880. The third-order valence-electron chi connectivity index (χ3n) is 10.4. The summed E-state index contributed by atoms with van der Waals surface area (Å²) in [7, 11) is 0. The molecule has 0 saturated carbocycles. The fraction of sp³-hybridized carbons (Fsp3) is 1.00. The standard InChI is InChI=1S/C44H91N/c1-5-7-9-11-13-15-17-19-21-23-25-27-29-33-37-41-45(43-39-35-31-32-36-40-44(3)4)42-38-34-30-28-26-24-22-20-18-16-14-12-10-8-6-2/h44H,5-43H2,1-4H3. The van der Waals surface area contributed by atoms with Crippen LogP contribution in [0.4, 0.5) is 0 Å². The maximum Gasteiger partial charge on any atom is -0.00187 e. The van der Waals surface area contributed by atoms with Gasteiger partial charge in [-0.3, -0.25) is 0 Å². The van der Waals surface area contributed by atoms with Gasteiger partial charge in [0.25, 0.3) is 0 Å². The van der Waals surface area contributed by atoms with Crippen molar-refractivity contribution < 1.29 is 0 Å². The van der Waals surface area contributed by atoms with Crippen LogP contribution in [0.1, 0.15) is 259 Å². The molecule has 0 aliphatic carbocycles. The third-order valence-corrected chi connectivity index (χ3v) is 10.4. The molecular weight excluding hydrogens is 542 g/mol. The van der Waals surface area contributed by atoms with Crippen molar-refractivity contribution in [1.82, 2.24) is 4.90 Å². The molecule has 0 aromatic carbocycles. The molecule has 0 aromatic heterocycles. The molecular formula is C44H91N. The van der Waals surface area contributed by atoms with E-state index in [1.165, 1.54) is 251 Å². The molecule has 0 bridgehead atoms. The molecule has 0 aromatic rings. The van der Waals surface area contributed by atoms with Gasteiger partial charge in [0, 0.05) is 0 Å². The van der Waals surface area contributed by atoms with Gasteiger partial charge in [0.2, 0.25) is 0 Å². The van der Waals surface area contributed by atoms with Crippen molar-refractivity contribution in [2.75, 3.05) is 19.6 Å². The Bertz CT molecular complexity index is 465. The lowest BCUT2D eigenvalue weighted by Gasteiger charge is -2.22. The Hall–Kier alpha value is -0.0400. The number of rotatable bonds is 40. The van der Waals surface area contributed by atoms with E-state index in [4.69, 9.17) is 0 Å². The summed E-state index contributed by atoms with van der Waals surface area (Å²) in [5.74, 6) is 0.880. The van der Waals surface area contributed by atoms with Crippen molar-refractivity contribution in [1.29, 1.82) is 0 Å². The van der Waals surface area contributed by atoms with Crippen LogP contribution in [0, 0.1) is 5.92 Å². The number of hydrogen-bond donors (Lipinski definition) is 0. The summed E-state index contributed by atoms with van der Waals surface area (Å²) in [5.41, 5.74) is 0. The zero-order valence-corrected chi connectivity index (χ0v) is 32.6. The van der Waals surface area contributed by atoms with Crippen molar-refractivity contribution in [3.8, 4) is 0 Å². The molecule has 0 rings (SSSR count). The van der Waals surface area contributed by atoms with Crippen molar-refractivity contribution in [2.24, 2.45) is 5.92 Å². The Labute approximate surface area is 288 Å². The molecule has 0 saturated heterocycles. The van der Waals surface area contributed by atoms with Crippen LogP contribution >= 0.6 is 0 Å². The Kier molecular flexibility index (Phi) is 40.1. The van der Waals surface area contributed by atoms with E-state index < -0.39 is 0 Å². The predicted octanol–water partition coefficient (Wildman–Crippen LogP) is 16.0. The van der Waals surface area contributed by atoms with Crippen LogP contribution in [0.25, 0.3) is 0 Å². The first-order valence-electron chi connectivity index (χ1n) is 21.9. The highest BCUT2D eigenvalue weighted by Gasteiger charge is 2.05. The fourth-order valence-corrected chi connectivity index (χ4v) is 7.17. The van der Waals surface area contributed by atoms with Crippen molar-refractivity contribution >= 4 is 0 Å². The second kappa shape index (κ2) is 40.1. The Morgan fingerprint density at radius 2 is 0.467 bits per heavy atom. The highest BCUT2D eigenvalue weighted by molar-refractivity contribution is 4.61. The largest absolute Gasteiger partial charge is 0.303 e. The first-order valence-corrected chi connectivity index (χ1v) is 21.9. The molecule has 0 aliphatic rings. The minimum Gasteiger partial charge on any atom is -0.303 e. The number of unbranched alkanes of at least 4 members (excludes halogenated alkanes) is 32. The third kappa shape index (κ3) is 40.1. The number of hydrogen-bond acceptors (Lipinski definition) is 1. The molecule has 1 heteroatoms. The Morgan fingerprint density at radius 1 is 0.267 bits per heavy atom. The van der Waals surface area contributed by atoms with E-state index in [-0.39, 0.29) is 0 Å². The summed E-state index contributed by atoms with van der Waals surface area (Å²) in [5, 5.41) is 0. The quantitative estimate of drug-likeness (QED) is 0.0607. The lowest BCUT2D eigenvalue weighted by molar-refractivity contribution is 0.254. The van der Waals surface area contributed by atoms with Gasteiger partial charge in [0.1, 0.15) is 0 Å². The van der Waals surface area contributed by atoms with Gasteiger partial charge in [-0.15, -0.1) is 0 Å². The highest BCUT2D eigenvalue weighted by atomic mass is 15.1. The lowest BCUT2D eigenvalue weighted by Crippen LogP contribution is -2.27. The molecule has 0 amide bonds. The van der Waals surface area contributed by atoms with Gasteiger partial charge in [0.05, 0.1) is 0 Å². The average Bonchev–Trinajstić information content (AvgIpc) is 3.03. The first kappa shape index (κ1) is 45.0. The molecule has 0 atom stereocenters. The van der Waals surface area contributed by atoms with Gasteiger partial charge >= 0.3 is 0 Å². The summed E-state index contributed by atoms with van der Waals surface area (Å²) in [4.78, 5) is 2.86. The van der Waals surface area contributed by atoms with Gasteiger partial charge < -0.3 is 4.90 Å². The topological polar surface area (TPSA) is 3.24 Å². The van der Waals surface area contributed by atoms with E-state index >= 15 is 0 Å². The van der Waals surface area contributed by atoms with Crippen LogP contribution in [-0.2, 0) is 0 Å². The van der Waals surface area contributed by atoms with Crippen molar-refractivity contribution in [3.05, 3.63) is 0 Å². The molecule has 1 nitrogen and oxygen atoms in total. The van der Waals surface area contributed by atoms with Gasteiger partial charge in [-0.25, -0.2) is 0 Å². The van der Waals surface area contributed by atoms with E-state index in [1.54, 1.807) is 0 Å². The van der Waals surface area contributed by atoms with Gasteiger partial charge in [-0.2, -0.15) is 0 Å². The maximum absolute atomic E-state index is 2.86. The van der Waals surface area contributed by atoms with Crippen molar-refractivity contribution in [2.45, 2.75) is 259 Å². The first-order chi connectivity index (χ1) is 22.2. The van der Waals surface area contributed by atoms with E-state index in [9.17, 15) is 0 Å². The summed E-state index contributed by atoms with van der Waals surface area (Å²) < 4.78 is 0. The van der Waals surface area contributed by atoms with Crippen LogP contribution in [-0.4, -0.2) is 24.5 Å². The molecule has 0 unspecified atom stereocenters. The second-order valence-corrected chi connectivity index (χ2v) is 15.7.